The molecule has 3 aromatic rings. The van der Waals surface area contributed by atoms with E-state index in [0.717, 1.165) is 0 Å². The van der Waals surface area contributed by atoms with E-state index in [1.807, 2.05) is 0 Å². The van der Waals surface area contributed by atoms with Gasteiger partial charge in [-0.05, 0) is 41.6 Å². The van der Waals surface area contributed by atoms with Crippen molar-refractivity contribution >= 4 is 22.6 Å². The number of nitrogens with zero attached hydrogens (tertiary/aromatic N) is 1. The molecular weight excluding hydrogens is 324 g/mol. The molecule has 0 radical (unpaired) electrons. The van der Waals surface area contributed by atoms with Crippen LogP contribution in [0.25, 0.3) is 11.0 Å². The van der Waals surface area contributed by atoms with Crippen molar-refractivity contribution in [2.24, 2.45) is 5.16 Å². The van der Waals surface area contributed by atoms with Crippen LogP contribution >= 0.6 is 0 Å². The van der Waals surface area contributed by atoms with Gasteiger partial charge in [0, 0.05) is 17.1 Å². The van der Waals surface area contributed by atoms with Gasteiger partial charge in [-0.25, -0.2) is 0 Å². The molecule has 0 aliphatic carbocycles. The van der Waals surface area contributed by atoms with Crippen molar-refractivity contribution in [1.82, 2.24) is 0 Å². The van der Waals surface area contributed by atoms with E-state index >= 15 is 0 Å². The van der Waals surface area contributed by atoms with Gasteiger partial charge >= 0.3 is 0 Å². The molecule has 2 aromatic carbocycles. The topological polar surface area (TPSA) is 93.3 Å². The number of ether oxygens (including phenoxy) is 2. The van der Waals surface area contributed by atoms with Crippen LogP contribution in [-0.2, 0) is 0 Å². The Bertz CT molecular complexity index is 994. The Morgan fingerprint density at radius 2 is 1.84 bits per heavy atom. The van der Waals surface area contributed by atoms with Crippen molar-refractivity contribution < 1.29 is 23.9 Å². The summed E-state index contributed by atoms with van der Waals surface area (Å²) < 4.78 is 15.8. The molecule has 0 saturated carbocycles. The lowest BCUT2D eigenvalue weighted by atomic mass is 10.1. The van der Waals surface area contributed by atoms with Crippen LogP contribution in [-0.4, -0.2) is 25.3 Å². The highest BCUT2D eigenvalue weighted by atomic mass is 16.5. The molecule has 0 bridgehead atoms. The smallest absolute Gasteiger partial charge is 0.268 e. The molecule has 0 aliphatic rings. The summed E-state index contributed by atoms with van der Waals surface area (Å²) in [6.07, 6.45) is 0. The minimum atomic E-state index is -0.477. The van der Waals surface area contributed by atoms with Gasteiger partial charge in [0.15, 0.2) is 0 Å². The second-order valence-electron chi connectivity index (χ2n) is 5.16. The third-order valence-corrected chi connectivity index (χ3v) is 3.62. The van der Waals surface area contributed by atoms with Crippen LogP contribution in [0, 0.1) is 0 Å². The van der Waals surface area contributed by atoms with E-state index in [0.29, 0.717) is 28.2 Å². The fourth-order valence-corrected chi connectivity index (χ4v) is 2.37. The highest BCUT2D eigenvalue weighted by Gasteiger charge is 2.14. The van der Waals surface area contributed by atoms with E-state index in [9.17, 15) is 10.0 Å². The summed E-state index contributed by atoms with van der Waals surface area (Å²) in [5.41, 5.74) is 0.912. The lowest BCUT2D eigenvalue weighted by Crippen LogP contribution is -2.21. The molecule has 7 heteroatoms. The Balaban J connectivity index is 2.02. The van der Waals surface area contributed by atoms with Crippen molar-refractivity contribution in [2.45, 2.75) is 0 Å². The first kappa shape index (κ1) is 16.4. The van der Waals surface area contributed by atoms with Crippen molar-refractivity contribution in [3.8, 4) is 11.5 Å². The first-order chi connectivity index (χ1) is 12.1. The molecule has 0 atom stereocenters. The number of anilines is 1. The molecule has 2 N–H and O–H groups in total. The van der Waals surface area contributed by atoms with Gasteiger partial charge in [-0.3, -0.25) is 4.79 Å². The van der Waals surface area contributed by atoms with E-state index in [1.54, 1.807) is 62.8 Å². The summed E-state index contributed by atoms with van der Waals surface area (Å²) >= 11 is 0. The largest absolute Gasteiger partial charge is 0.497 e. The highest BCUT2D eigenvalue weighted by molar-refractivity contribution is 6.05. The molecule has 0 fully saturated rings. The maximum absolute atomic E-state index is 12.6. The van der Waals surface area contributed by atoms with E-state index in [4.69, 9.17) is 13.9 Å². The van der Waals surface area contributed by atoms with Gasteiger partial charge < -0.3 is 24.4 Å². The first-order valence-corrected chi connectivity index (χ1v) is 7.40. The zero-order valence-electron chi connectivity index (χ0n) is 13.6. The van der Waals surface area contributed by atoms with Gasteiger partial charge in [0.05, 0.1) is 14.2 Å². The van der Waals surface area contributed by atoms with Crippen molar-refractivity contribution in [3.63, 3.8) is 0 Å². The van der Waals surface area contributed by atoms with Gasteiger partial charge in [-0.1, -0.05) is 6.07 Å². The first-order valence-electron chi connectivity index (χ1n) is 7.40. The fraction of sp³-hybridized carbons (Fsp3) is 0.111. The average Bonchev–Trinajstić information content (AvgIpc) is 2.66. The SMILES string of the molecule is COc1cccc(NC(=O)c2cc3cc(OC)ccc3oc2=NO)c1. The molecule has 3 rings (SSSR count). The molecule has 1 amide bonds. The number of hydrogen-bond donors (Lipinski definition) is 2. The third-order valence-electron chi connectivity index (χ3n) is 3.62. The predicted octanol–water partition coefficient (Wildman–Crippen LogP) is 2.99. The van der Waals surface area contributed by atoms with Gasteiger partial charge in [0.1, 0.15) is 22.6 Å². The molecule has 0 unspecified atom stereocenters. The molecule has 128 valence electrons. The van der Waals surface area contributed by atoms with E-state index in [2.05, 4.69) is 10.5 Å². The van der Waals surface area contributed by atoms with Gasteiger partial charge in [-0.15, -0.1) is 0 Å². The van der Waals surface area contributed by atoms with Gasteiger partial charge in [0.25, 0.3) is 11.5 Å². The second-order valence-corrected chi connectivity index (χ2v) is 5.16. The summed E-state index contributed by atoms with van der Waals surface area (Å²) in [7, 11) is 3.09. The van der Waals surface area contributed by atoms with Crippen molar-refractivity contribution in [1.29, 1.82) is 0 Å². The maximum Gasteiger partial charge on any atom is 0.268 e. The van der Waals surface area contributed by atoms with Crippen molar-refractivity contribution in [2.75, 3.05) is 19.5 Å². The Morgan fingerprint density at radius 1 is 1.08 bits per heavy atom. The maximum atomic E-state index is 12.6. The lowest BCUT2D eigenvalue weighted by Gasteiger charge is -2.08. The standard InChI is InChI=1S/C18H16N2O5/c1-23-13-5-3-4-12(10-13)19-17(21)15-9-11-8-14(24-2)6-7-16(11)25-18(15)20-22/h3-10,22H,1-2H3,(H,19,21). The monoisotopic (exact) mass is 340 g/mol. The van der Waals surface area contributed by atoms with E-state index in [1.165, 1.54) is 0 Å². The number of methoxy groups -OCH3 is 2. The zero-order chi connectivity index (χ0) is 17.8. The normalized spacial score (nSPS) is 11.4. The van der Waals surface area contributed by atoms with Crippen LogP contribution < -0.4 is 20.3 Å². The molecular formula is C18H16N2O5. The Kier molecular flexibility index (Phi) is 4.56. The molecule has 1 aromatic heterocycles. The average molecular weight is 340 g/mol. The third kappa shape index (κ3) is 3.40. The number of hydrogen-bond acceptors (Lipinski definition) is 6. The minimum absolute atomic E-state index is 0.0890. The molecule has 1 heterocycles. The second kappa shape index (κ2) is 6.96. The molecule has 0 spiro atoms. The molecule has 0 aliphatic heterocycles. The van der Waals surface area contributed by atoms with Crippen LogP contribution in [0.2, 0.25) is 0 Å². The van der Waals surface area contributed by atoms with Gasteiger partial charge in [0.2, 0.25) is 0 Å². The van der Waals surface area contributed by atoms with E-state index in [-0.39, 0.29) is 11.1 Å². The van der Waals surface area contributed by atoms with Gasteiger partial charge in [-0.2, -0.15) is 0 Å². The lowest BCUT2D eigenvalue weighted by molar-refractivity contribution is 0.102. The van der Waals surface area contributed by atoms with Crippen molar-refractivity contribution in [3.05, 3.63) is 59.6 Å². The number of nitrogens with one attached hydrogen (secondary N) is 1. The summed E-state index contributed by atoms with van der Waals surface area (Å²) in [6.45, 7) is 0. The number of rotatable bonds is 4. The summed E-state index contributed by atoms with van der Waals surface area (Å²) in [4.78, 5) is 12.6. The number of amides is 1. The number of carbonyl (C=O) groups excluding carboxylic acids is 1. The number of carbonyl (C=O) groups is 1. The Morgan fingerprint density at radius 3 is 2.56 bits per heavy atom. The highest BCUT2D eigenvalue weighted by Crippen LogP contribution is 2.21. The summed E-state index contributed by atoms with van der Waals surface area (Å²) in [5.74, 6) is 0.753. The molecule has 7 nitrogen and oxygen atoms in total. The molecule has 25 heavy (non-hydrogen) atoms. The van der Waals surface area contributed by atoms with Crippen LogP contribution in [0.4, 0.5) is 5.69 Å². The summed E-state index contributed by atoms with van der Waals surface area (Å²) in [5, 5.41) is 15.6. The van der Waals surface area contributed by atoms with Crippen LogP contribution in [0.1, 0.15) is 10.4 Å². The van der Waals surface area contributed by atoms with Crippen LogP contribution in [0.3, 0.4) is 0 Å². The fourth-order valence-electron chi connectivity index (χ4n) is 2.37. The van der Waals surface area contributed by atoms with E-state index < -0.39 is 5.91 Å². The number of benzene rings is 2. The van der Waals surface area contributed by atoms with Crippen LogP contribution in [0.15, 0.2) is 58.1 Å². The Labute approximate surface area is 143 Å². The molecule has 0 saturated heterocycles. The predicted molar refractivity (Wildman–Crippen MR) is 91.1 cm³/mol. The summed E-state index contributed by atoms with van der Waals surface area (Å²) in [6, 6.07) is 13.6. The Hall–Kier alpha value is -3.48. The number of fused-ring (bicyclic) bond motifs is 1. The zero-order valence-corrected chi connectivity index (χ0v) is 13.6. The quantitative estimate of drug-likeness (QED) is 0.562. The van der Waals surface area contributed by atoms with Crippen LogP contribution in [0.5, 0.6) is 11.5 Å². The minimum Gasteiger partial charge on any atom is -0.497 e.